The van der Waals surface area contributed by atoms with E-state index < -0.39 is 0 Å². The zero-order chi connectivity index (χ0) is 29.5. The number of unbranched alkanes of at least 4 members (excludes halogenated alkanes) is 6. The number of rotatable bonds is 25. The fraction of sp³-hybridized carbons (Fsp3) is 0.793. The fourth-order valence-corrected chi connectivity index (χ4v) is 4.17. The SMILES string of the molecule is CNC(=O)CCCCCCC(=O)CN(CC(=O)CCCCCCC(=O)NC)CC(=O)CCCC(=O)NC(C)C. The highest BCUT2D eigenvalue weighted by Gasteiger charge is 2.18. The molecule has 224 valence electrons. The lowest BCUT2D eigenvalue weighted by molar-refractivity contribution is -0.126. The molecule has 10 nitrogen and oxygen atoms in total. The van der Waals surface area contributed by atoms with E-state index in [4.69, 9.17) is 0 Å². The van der Waals surface area contributed by atoms with Crippen LogP contribution in [0.3, 0.4) is 0 Å². The van der Waals surface area contributed by atoms with Gasteiger partial charge in [-0.1, -0.05) is 25.7 Å². The van der Waals surface area contributed by atoms with Gasteiger partial charge >= 0.3 is 0 Å². The normalized spacial score (nSPS) is 10.9. The summed E-state index contributed by atoms with van der Waals surface area (Å²) in [7, 11) is 3.23. The van der Waals surface area contributed by atoms with Crippen molar-refractivity contribution >= 4 is 35.1 Å². The Hall–Kier alpha value is -2.62. The highest BCUT2D eigenvalue weighted by Crippen LogP contribution is 2.09. The molecule has 0 atom stereocenters. The molecule has 3 N–H and O–H groups in total. The van der Waals surface area contributed by atoms with Gasteiger partial charge in [0.2, 0.25) is 17.7 Å². The van der Waals surface area contributed by atoms with Crippen molar-refractivity contribution in [3.63, 3.8) is 0 Å². The Morgan fingerprint density at radius 2 is 0.821 bits per heavy atom. The molecule has 0 aromatic rings. The first-order valence-corrected chi connectivity index (χ1v) is 14.5. The highest BCUT2D eigenvalue weighted by atomic mass is 16.2. The lowest BCUT2D eigenvalue weighted by atomic mass is 10.1. The summed E-state index contributed by atoms with van der Waals surface area (Å²) in [6, 6.07) is 0.0485. The summed E-state index contributed by atoms with van der Waals surface area (Å²) in [5, 5.41) is 7.98. The summed E-state index contributed by atoms with van der Waals surface area (Å²) in [5.74, 6) is -0.164. The van der Waals surface area contributed by atoms with Gasteiger partial charge < -0.3 is 16.0 Å². The van der Waals surface area contributed by atoms with Gasteiger partial charge in [0.05, 0.1) is 19.6 Å². The van der Waals surface area contributed by atoms with Gasteiger partial charge in [0.1, 0.15) is 17.3 Å². The predicted octanol–water partition coefficient (Wildman–Crippen LogP) is 2.86. The molecule has 0 fully saturated rings. The molecule has 39 heavy (non-hydrogen) atoms. The summed E-state index contributed by atoms with van der Waals surface area (Å²) < 4.78 is 0. The second-order valence-corrected chi connectivity index (χ2v) is 10.5. The molecule has 0 rings (SSSR count). The quantitative estimate of drug-likeness (QED) is 0.148. The number of nitrogens with zero attached hydrogens (tertiary/aromatic N) is 1. The van der Waals surface area contributed by atoms with Crippen molar-refractivity contribution in [2.45, 2.75) is 116 Å². The van der Waals surface area contributed by atoms with Gasteiger partial charge in [-0.25, -0.2) is 0 Å². The molecule has 0 radical (unpaired) electrons. The topological polar surface area (TPSA) is 142 Å². The van der Waals surface area contributed by atoms with E-state index in [0.29, 0.717) is 44.9 Å². The summed E-state index contributed by atoms with van der Waals surface area (Å²) >= 11 is 0. The van der Waals surface area contributed by atoms with E-state index in [1.54, 1.807) is 19.0 Å². The van der Waals surface area contributed by atoms with Crippen LogP contribution in [-0.4, -0.2) is 79.7 Å². The number of hydrogen-bond acceptors (Lipinski definition) is 7. The van der Waals surface area contributed by atoms with Gasteiger partial charge in [-0.3, -0.25) is 33.7 Å². The number of hydrogen-bond donors (Lipinski definition) is 3. The Kier molecular flexibility index (Phi) is 21.7. The maximum absolute atomic E-state index is 12.6. The lowest BCUT2D eigenvalue weighted by Gasteiger charge is -2.20. The summed E-state index contributed by atoms with van der Waals surface area (Å²) in [6.45, 7) is 3.88. The third-order valence-corrected chi connectivity index (χ3v) is 6.29. The third-order valence-electron chi connectivity index (χ3n) is 6.29. The molecular weight excluding hydrogens is 500 g/mol. The van der Waals surface area contributed by atoms with Crippen molar-refractivity contribution in [2.24, 2.45) is 0 Å². The number of nitrogens with one attached hydrogen (secondary N) is 3. The van der Waals surface area contributed by atoms with Gasteiger partial charge in [-0.15, -0.1) is 0 Å². The van der Waals surface area contributed by atoms with Crippen molar-refractivity contribution in [3.05, 3.63) is 0 Å². The van der Waals surface area contributed by atoms with E-state index in [9.17, 15) is 28.8 Å². The second-order valence-electron chi connectivity index (χ2n) is 10.5. The molecule has 0 saturated heterocycles. The molecule has 0 aromatic heterocycles. The maximum Gasteiger partial charge on any atom is 0.220 e. The van der Waals surface area contributed by atoms with Crippen LogP contribution in [0.5, 0.6) is 0 Å². The molecule has 0 aliphatic heterocycles. The Bertz CT molecular complexity index is 727. The largest absolute Gasteiger partial charge is 0.359 e. The summed E-state index contributed by atoms with van der Waals surface area (Å²) in [6.07, 6.45) is 9.05. The fourth-order valence-electron chi connectivity index (χ4n) is 4.17. The molecule has 10 heteroatoms. The van der Waals surface area contributed by atoms with E-state index in [1.165, 1.54) is 0 Å². The minimum atomic E-state index is -0.0920. The monoisotopic (exact) mass is 552 g/mol. The smallest absolute Gasteiger partial charge is 0.220 e. The molecule has 0 aliphatic carbocycles. The lowest BCUT2D eigenvalue weighted by Crippen LogP contribution is -2.38. The molecule has 3 amide bonds. The minimum Gasteiger partial charge on any atom is -0.359 e. The highest BCUT2D eigenvalue weighted by molar-refractivity contribution is 5.86. The molecule has 0 aromatic carbocycles. The number of amides is 3. The first-order valence-electron chi connectivity index (χ1n) is 14.5. The van der Waals surface area contributed by atoms with Gasteiger partial charge in [0.15, 0.2) is 0 Å². The number of carbonyl (C=O) groups excluding carboxylic acids is 6. The Morgan fingerprint density at radius 1 is 0.487 bits per heavy atom. The van der Waals surface area contributed by atoms with E-state index in [1.807, 2.05) is 13.8 Å². The van der Waals surface area contributed by atoms with E-state index in [2.05, 4.69) is 16.0 Å². The van der Waals surface area contributed by atoms with Crippen LogP contribution >= 0.6 is 0 Å². The average molecular weight is 553 g/mol. The van der Waals surface area contributed by atoms with Gasteiger partial charge in [-0.05, 0) is 46.0 Å². The van der Waals surface area contributed by atoms with Crippen LogP contribution in [0.4, 0.5) is 0 Å². The van der Waals surface area contributed by atoms with E-state index >= 15 is 0 Å². The van der Waals surface area contributed by atoms with Crippen molar-refractivity contribution in [1.82, 2.24) is 20.9 Å². The molecule has 0 aliphatic rings. The van der Waals surface area contributed by atoms with Crippen molar-refractivity contribution in [1.29, 1.82) is 0 Å². The Morgan fingerprint density at radius 3 is 1.18 bits per heavy atom. The summed E-state index contributed by atoms with van der Waals surface area (Å²) in [5.41, 5.74) is 0. The molecule has 0 bridgehead atoms. The van der Waals surface area contributed by atoms with Crippen molar-refractivity contribution in [2.75, 3.05) is 33.7 Å². The molecular formula is C29H52N4O6. The maximum atomic E-state index is 12.6. The number of carbonyl (C=O) groups is 6. The van der Waals surface area contributed by atoms with Crippen LogP contribution in [-0.2, 0) is 28.8 Å². The van der Waals surface area contributed by atoms with E-state index in [-0.39, 0.29) is 73.6 Å². The zero-order valence-corrected chi connectivity index (χ0v) is 24.7. The molecule has 0 spiro atoms. The molecule has 0 heterocycles. The Labute approximate surface area is 234 Å². The summed E-state index contributed by atoms with van der Waals surface area (Å²) in [4.78, 5) is 73.8. The first kappa shape index (κ1) is 36.4. The minimum absolute atomic E-state index is 0.00702. The second kappa shape index (κ2) is 23.3. The zero-order valence-electron chi connectivity index (χ0n) is 24.7. The van der Waals surface area contributed by atoms with Crippen LogP contribution in [0.25, 0.3) is 0 Å². The number of Topliss-reactive ketones (excluding diaryl/α,β-unsaturated/α-hetero) is 3. The van der Waals surface area contributed by atoms with Crippen LogP contribution in [0, 0.1) is 0 Å². The van der Waals surface area contributed by atoms with E-state index in [0.717, 1.165) is 38.5 Å². The third kappa shape index (κ3) is 23.0. The standard InChI is InChI=1S/C29H52N4O6/c1-23(2)32-29(39)19-13-16-26(36)22-33(20-24(34)14-9-5-7-11-17-27(37)30-3)21-25(35)15-10-6-8-12-18-28(38)31-4/h23H,5-22H2,1-4H3,(H,30,37)(H,31,38)(H,32,39). The Balaban J connectivity index is 4.60. The predicted molar refractivity (Wildman–Crippen MR) is 152 cm³/mol. The van der Waals surface area contributed by atoms with Crippen LogP contribution < -0.4 is 16.0 Å². The van der Waals surface area contributed by atoms with Crippen LogP contribution in [0.1, 0.15) is 110 Å². The van der Waals surface area contributed by atoms with Gasteiger partial charge in [0.25, 0.3) is 0 Å². The molecule has 0 saturated carbocycles. The number of ketones is 3. The van der Waals surface area contributed by atoms with Crippen molar-refractivity contribution in [3.8, 4) is 0 Å². The van der Waals surface area contributed by atoms with Crippen LogP contribution in [0.2, 0.25) is 0 Å². The van der Waals surface area contributed by atoms with Crippen molar-refractivity contribution < 1.29 is 28.8 Å². The average Bonchev–Trinajstić information content (AvgIpc) is 2.87. The first-order chi connectivity index (χ1) is 18.6. The van der Waals surface area contributed by atoms with Gasteiger partial charge in [0, 0.05) is 58.7 Å². The van der Waals surface area contributed by atoms with Crippen LogP contribution in [0.15, 0.2) is 0 Å². The van der Waals surface area contributed by atoms with Gasteiger partial charge in [-0.2, -0.15) is 0 Å². The molecule has 0 unspecified atom stereocenters.